The molecule has 0 N–H and O–H groups in total. The van der Waals surface area contributed by atoms with Crippen LogP contribution in [0.1, 0.15) is 35.5 Å². The molecule has 0 unspecified atom stereocenters. The maximum Gasteiger partial charge on any atom is 0.257 e. The third kappa shape index (κ3) is 3.10. The number of hydrogen-bond acceptors (Lipinski definition) is 2. The minimum atomic E-state index is 0.172. The van der Waals surface area contributed by atoms with Crippen LogP contribution in [0.2, 0.25) is 0 Å². The van der Waals surface area contributed by atoms with E-state index in [4.69, 9.17) is 4.98 Å². The monoisotopic (exact) mass is 346 g/mol. The summed E-state index contributed by atoms with van der Waals surface area (Å²) in [6, 6.07) is 10.2. The molecule has 0 amide bonds. The van der Waals surface area contributed by atoms with Gasteiger partial charge in [-0.2, -0.15) is 0 Å². The Morgan fingerprint density at radius 2 is 2.00 bits per heavy atom. The Hall–Kier alpha value is -1.42. The van der Waals surface area contributed by atoms with Gasteiger partial charge in [-0.3, -0.25) is 9.36 Å². The van der Waals surface area contributed by atoms with Gasteiger partial charge in [0.1, 0.15) is 5.82 Å². The second kappa shape index (κ2) is 6.56. The molecule has 1 aromatic heterocycles. The number of aryl methyl sites for hydroxylation is 2. The number of benzene rings is 1. The summed E-state index contributed by atoms with van der Waals surface area (Å²) in [7, 11) is 0. The van der Waals surface area contributed by atoms with E-state index in [2.05, 4.69) is 28.1 Å². The fraction of sp³-hybridized carbons (Fsp3) is 0.412. The molecule has 0 aliphatic heterocycles. The molecule has 3 rings (SSSR count). The van der Waals surface area contributed by atoms with Crippen molar-refractivity contribution in [2.75, 3.05) is 5.33 Å². The first-order valence-electron chi connectivity index (χ1n) is 7.51. The molecule has 0 atom stereocenters. The van der Waals surface area contributed by atoms with Crippen molar-refractivity contribution in [1.82, 2.24) is 9.55 Å². The van der Waals surface area contributed by atoms with E-state index in [0.717, 1.165) is 60.1 Å². The van der Waals surface area contributed by atoms with Gasteiger partial charge in [0.15, 0.2) is 0 Å². The third-order valence-corrected chi connectivity index (χ3v) is 4.55. The number of aromatic nitrogens is 2. The molecule has 1 heterocycles. The van der Waals surface area contributed by atoms with Gasteiger partial charge in [-0.1, -0.05) is 46.3 Å². The molecular weight excluding hydrogens is 328 g/mol. The third-order valence-electron chi connectivity index (χ3n) is 3.99. The Kier molecular flexibility index (Phi) is 4.54. The lowest BCUT2D eigenvalue weighted by Crippen LogP contribution is -2.29. The first-order chi connectivity index (χ1) is 10.3. The molecule has 2 aromatic rings. The van der Waals surface area contributed by atoms with E-state index in [1.165, 1.54) is 0 Å². The predicted octanol–water partition coefficient (Wildman–Crippen LogP) is 3.11. The van der Waals surface area contributed by atoms with E-state index in [9.17, 15) is 4.79 Å². The molecule has 0 saturated carbocycles. The molecule has 0 radical (unpaired) electrons. The molecule has 110 valence electrons. The first kappa shape index (κ1) is 14.5. The Balaban J connectivity index is 2.02. The summed E-state index contributed by atoms with van der Waals surface area (Å²) in [5.41, 5.74) is 3.30. The van der Waals surface area contributed by atoms with Crippen molar-refractivity contribution in [2.24, 2.45) is 0 Å². The Labute approximate surface area is 133 Å². The molecule has 3 nitrogen and oxygen atoms in total. The van der Waals surface area contributed by atoms with E-state index in [-0.39, 0.29) is 5.56 Å². The molecule has 1 aromatic carbocycles. The van der Waals surface area contributed by atoms with Gasteiger partial charge in [-0.15, -0.1) is 0 Å². The van der Waals surface area contributed by atoms with Crippen molar-refractivity contribution >= 4 is 15.9 Å². The van der Waals surface area contributed by atoms with Crippen LogP contribution in [0.4, 0.5) is 0 Å². The Morgan fingerprint density at radius 3 is 2.76 bits per heavy atom. The fourth-order valence-electron chi connectivity index (χ4n) is 2.92. The summed E-state index contributed by atoms with van der Waals surface area (Å²) >= 11 is 3.46. The highest BCUT2D eigenvalue weighted by Crippen LogP contribution is 2.18. The summed E-state index contributed by atoms with van der Waals surface area (Å²) in [4.78, 5) is 17.6. The van der Waals surface area contributed by atoms with Gasteiger partial charge in [-0.05, 0) is 31.2 Å². The second-order valence-electron chi connectivity index (χ2n) is 5.48. The van der Waals surface area contributed by atoms with Crippen molar-refractivity contribution in [3.8, 4) is 0 Å². The van der Waals surface area contributed by atoms with Crippen LogP contribution in [0.25, 0.3) is 0 Å². The normalized spacial score (nSPS) is 13.4. The van der Waals surface area contributed by atoms with Gasteiger partial charge < -0.3 is 0 Å². The first-order valence-corrected chi connectivity index (χ1v) is 8.63. The number of halogens is 1. The standard InChI is InChI=1S/C17H19BrN2O/c18-11-5-10-16-19-15-9-4-8-14(15)17(21)20(16)12-13-6-2-1-3-7-13/h1-3,6-7H,4-5,8-12H2. The van der Waals surface area contributed by atoms with E-state index < -0.39 is 0 Å². The number of fused-ring (bicyclic) bond motifs is 1. The van der Waals surface area contributed by atoms with Crippen LogP contribution < -0.4 is 5.56 Å². The van der Waals surface area contributed by atoms with Crippen molar-refractivity contribution in [3.05, 3.63) is 63.3 Å². The predicted molar refractivity (Wildman–Crippen MR) is 88.2 cm³/mol. The zero-order valence-corrected chi connectivity index (χ0v) is 13.6. The number of hydrogen-bond donors (Lipinski definition) is 0. The zero-order chi connectivity index (χ0) is 14.7. The zero-order valence-electron chi connectivity index (χ0n) is 12.0. The van der Waals surface area contributed by atoms with Gasteiger partial charge in [0.2, 0.25) is 0 Å². The van der Waals surface area contributed by atoms with Gasteiger partial charge >= 0.3 is 0 Å². The van der Waals surface area contributed by atoms with Gasteiger partial charge in [-0.25, -0.2) is 4.98 Å². The number of alkyl halides is 1. The maximum atomic E-state index is 12.8. The van der Waals surface area contributed by atoms with Crippen LogP contribution in [0.5, 0.6) is 0 Å². The highest BCUT2D eigenvalue weighted by molar-refractivity contribution is 9.09. The van der Waals surface area contributed by atoms with Crippen molar-refractivity contribution in [2.45, 2.75) is 38.6 Å². The minimum Gasteiger partial charge on any atom is -0.292 e. The highest BCUT2D eigenvalue weighted by atomic mass is 79.9. The lowest BCUT2D eigenvalue weighted by atomic mass is 10.2. The van der Waals surface area contributed by atoms with Crippen molar-refractivity contribution < 1.29 is 0 Å². The van der Waals surface area contributed by atoms with E-state index in [0.29, 0.717) is 6.54 Å². The quantitative estimate of drug-likeness (QED) is 0.779. The van der Waals surface area contributed by atoms with Crippen molar-refractivity contribution in [3.63, 3.8) is 0 Å². The average molecular weight is 347 g/mol. The lowest BCUT2D eigenvalue weighted by molar-refractivity contribution is 0.645. The summed E-state index contributed by atoms with van der Waals surface area (Å²) < 4.78 is 1.88. The summed E-state index contributed by atoms with van der Waals surface area (Å²) in [6.45, 7) is 0.623. The lowest BCUT2D eigenvalue weighted by Gasteiger charge is -2.14. The smallest absolute Gasteiger partial charge is 0.257 e. The molecular formula is C17H19BrN2O. The van der Waals surface area contributed by atoms with Gasteiger partial charge in [0.25, 0.3) is 5.56 Å². The Bertz CT molecular complexity index is 679. The molecule has 0 fully saturated rings. The summed E-state index contributed by atoms with van der Waals surface area (Å²) in [5.74, 6) is 0.934. The molecule has 1 aliphatic carbocycles. The second-order valence-corrected chi connectivity index (χ2v) is 6.27. The van der Waals surface area contributed by atoms with Crippen LogP contribution in [-0.4, -0.2) is 14.9 Å². The largest absolute Gasteiger partial charge is 0.292 e. The molecule has 4 heteroatoms. The van der Waals surface area contributed by atoms with E-state index in [1.54, 1.807) is 0 Å². The molecule has 0 saturated heterocycles. The number of rotatable bonds is 5. The van der Waals surface area contributed by atoms with E-state index >= 15 is 0 Å². The van der Waals surface area contributed by atoms with Crippen LogP contribution in [0, 0.1) is 0 Å². The highest BCUT2D eigenvalue weighted by Gasteiger charge is 2.20. The molecule has 0 spiro atoms. The van der Waals surface area contributed by atoms with Crippen LogP contribution in [0.15, 0.2) is 35.1 Å². The van der Waals surface area contributed by atoms with Gasteiger partial charge in [0.05, 0.1) is 12.2 Å². The van der Waals surface area contributed by atoms with Crippen molar-refractivity contribution in [1.29, 1.82) is 0 Å². The SMILES string of the molecule is O=c1c2c(nc(CCCBr)n1Cc1ccccc1)CCC2. The molecule has 1 aliphatic rings. The maximum absolute atomic E-state index is 12.8. The molecule has 0 bridgehead atoms. The van der Waals surface area contributed by atoms with Crippen LogP contribution >= 0.6 is 15.9 Å². The van der Waals surface area contributed by atoms with E-state index in [1.807, 2.05) is 22.8 Å². The summed E-state index contributed by atoms with van der Waals surface area (Å²) in [6.07, 6.45) is 4.75. The average Bonchev–Trinajstić information content (AvgIpc) is 2.98. The summed E-state index contributed by atoms with van der Waals surface area (Å²) in [5, 5.41) is 0.936. The molecule has 21 heavy (non-hydrogen) atoms. The fourth-order valence-corrected chi connectivity index (χ4v) is 3.20. The topological polar surface area (TPSA) is 34.9 Å². The number of nitrogens with zero attached hydrogens (tertiary/aromatic N) is 2. The Morgan fingerprint density at radius 1 is 1.19 bits per heavy atom. The van der Waals surface area contributed by atoms with Gasteiger partial charge in [0, 0.05) is 17.3 Å². The minimum absolute atomic E-state index is 0.172. The van der Waals surface area contributed by atoms with Crippen LogP contribution in [0.3, 0.4) is 0 Å². The van der Waals surface area contributed by atoms with Crippen LogP contribution in [-0.2, 0) is 25.8 Å².